The first-order chi connectivity index (χ1) is 10.1. The molecular formula is C15H17ClN4O. The predicted molar refractivity (Wildman–Crippen MR) is 81.9 cm³/mol. The molecule has 0 N–H and O–H groups in total. The molecule has 1 aliphatic rings. The van der Waals surface area contributed by atoms with Crippen LogP contribution in [0.2, 0.25) is 5.15 Å². The summed E-state index contributed by atoms with van der Waals surface area (Å²) in [5, 5.41) is 4.60. The highest BCUT2D eigenvalue weighted by Gasteiger charge is 2.27. The van der Waals surface area contributed by atoms with Gasteiger partial charge < -0.3 is 4.90 Å². The van der Waals surface area contributed by atoms with Gasteiger partial charge in [0.1, 0.15) is 5.15 Å². The van der Waals surface area contributed by atoms with Crippen molar-refractivity contribution >= 4 is 23.2 Å². The Kier molecular flexibility index (Phi) is 3.68. The van der Waals surface area contributed by atoms with Gasteiger partial charge in [0, 0.05) is 18.8 Å². The fraction of sp³-hybridized carbons (Fsp3) is 0.400. The van der Waals surface area contributed by atoms with Crippen molar-refractivity contribution in [1.29, 1.82) is 0 Å². The molecule has 3 rings (SSSR count). The number of carbonyl (C=O) groups is 1. The number of nitrogens with zero attached hydrogens (tertiary/aromatic N) is 4. The molecule has 2 aromatic heterocycles. The first-order valence-corrected chi connectivity index (χ1v) is 7.46. The van der Waals surface area contributed by atoms with Crippen molar-refractivity contribution in [2.75, 3.05) is 11.4 Å². The van der Waals surface area contributed by atoms with E-state index in [1.54, 1.807) is 22.0 Å². The van der Waals surface area contributed by atoms with Crippen molar-refractivity contribution in [3.8, 4) is 0 Å². The SMILES string of the molecule is CC(C)n1ncc(C(=O)N2CCCc3ncccc32)c1Cl. The van der Waals surface area contributed by atoms with Crippen LogP contribution in [0, 0.1) is 0 Å². The van der Waals surface area contributed by atoms with E-state index >= 15 is 0 Å². The zero-order valence-corrected chi connectivity index (χ0v) is 12.8. The van der Waals surface area contributed by atoms with Crippen molar-refractivity contribution in [2.45, 2.75) is 32.7 Å². The van der Waals surface area contributed by atoms with E-state index in [1.165, 1.54) is 0 Å². The third-order valence-corrected chi connectivity index (χ3v) is 4.03. The van der Waals surface area contributed by atoms with Gasteiger partial charge in [-0.25, -0.2) is 0 Å². The molecule has 110 valence electrons. The lowest BCUT2D eigenvalue weighted by molar-refractivity contribution is 0.0985. The molecule has 0 fully saturated rings. The zero-order chi connectivity index (χ0) is 15.0. The Balaban J connectivity index is 1.97. The topological polar surface area (TPSA) is 51.0 Å². The van der Waals surface area contributed by atoms with E-state index in [4.69, 9.17) is 11.6 Å². The van der Waals surface area contributed by atoms with E-state index in [1.807, 2.05) is 26.0 Å². The van der Waals surface area contributed by atoms with Gasteiger partial charge in [0.15, 0.2) is 0 Å². The summed E-state index contributed by atoms with van der Waals surface area (Å²) in [6.45, 7) is 4.64. The van der Waals surface area contributed by atoms with Crippen LogP contribution in [0.25, 0.3) is 0 Å². The molecule has 0 atom stereocenters. The summed E-state index contributed by atoms with van der Waals surface area (Å²) in [5.41, 5.74) is 2.29. The second-order valence-corrected chi connectivity index (χ2v) is 5.77. The summed E-state index contributed by atoms with van der Waals surface area (Å²) in [7, 11) is 0. The van der Waals surface area contributed by atoms with Gasteiger partial charge in [-0.15, -0.1) is 0 Å². The van der Waals surface area contributed by atoms with E-state index in [-0.39, 0.29) is 11.9 Å². The van der Waals surface area contributed by atoms with Gasteiger partial charge >= 0.3 is 0 Å². The summed E-state index contributed by atoms with van der Waals surface area (Å²) in [6, 6.07) is 3.90. The first kappa shape index (κ1) is 14.1. The van der Waals surface area contributed by atoms with E-state index in [9.17, 15) is 4.79 Å². The van der Waals surface area contributed by atoms with Crippen LogP contribution in [-0.2, 0) is 6.42 Å². The van der Waals surface area contributed by atoms with Gasteiger partial charge in [0.2, 0.25) is 0 Å². The Bertz CT molecular complexity index is 680. The van der Waals surface area contributed by atoms with Crippen LogP contribution in [0.4, 0.5) is 5.69 Å². The smallest absolute Gasteiger partial charge is 0.263 e. The number of pyridine rings is 1. The van der Waals surface area contributed by atoms with Crippen molar-refractivity contribution in [2.24, 2.45) is 0 Å². The molecule has 1 aliphatic heterocycles. The van der Waals surface area contributed by atoms with Gasteiger partial charge in [-0.2, -0.15) is 5.10 Å². The minimum absolute atomic E-state index is 0.110. The lowest BCUT2D eigenvalue weighted by atomic mass is 10.1. The summed E-state index contributed by atoms with van der Waals surface area (Å²) < 4.78 is 1.66. The number of hydrogen-bond donors (Lipinski definition) is 0. The molecule has 1 amide bonds. The lowest BCUT2D eigenvalue weighted by Crippen LogP contribution is -2.35. The van der Waals surface area contributed by atoms with Gasteiger partial charge in [-0.3, -0.25) is 14.5 Å². The second-order valence-electron chi connectivity index (χ2n) is 5.42. The van der Waals surface area contributed by atoms with E-state index in [0.717, 1.165) is 24.2 Å². The fourth-order valence-electron chi connectivity index (χ4n) is 2.60. The molecule has 0 unspecified atom stereocenters. The van der Waals surface area contributed by atoms with Crippen LogP contribution in [0.15, 0.2) is 24.5 Å². The van der Waals surface area contributed by atoms with Crippen molar-refractivity contribution < 1.29 is 4.79 Å². The number of aromatic nitrogens is 3. The van der Waals surface area contributed by atoms with Gasteiger partial charge in [0.25, 0.3) is 5.91 Å². The van der Waals surface area contributed by atoms with E-state index < -0.39 is 0 Å². The first-order valence-electron chi connectivity index (χ1n) is 7.08. The van der Waals surface area contributed by atoms with Crippen LogP contribution >= 0.6 is 11.6 Å². The molecule has 0 aromatic carbocycles. The molecule has 21 heavy (non-hydrogen) atoms. The average Bonchev–Trinajstić information content (AvgIpc) is 2.88. The largest absolute Gasteiger partial charge is 0.306 e. The Hall–Kier alpha value is -1.88. The molecule has 0 saturated carbocycles. The summed E-state index contributed by atoms with van der Waals surface area (Å²) in [5.74, 6) is -0.110. The van der Waals surface area contributed by atoms with E-state index in [0.29, 0.717) is 17.3 Å². The molecule has 0 aliphatic carbocycles. The Morgan fingerprint density at radius 2 is 2.24 bits per heavy atom. The number of fused-ring (bicyclic) bond motifs is 1. The number of halogens is 1. The third kappa shape index (κ3) is 2.42. The number of hydrogen-bond acceptors (Lipinski definition) is 3. The highest BCUT2D eigenvalue weighted by molar-refractivity contribution is 6.33. The fourth-order valence-corrected chi connectivity index (χ4v) is 2.97. The maximum Gasteiger partial charge on any atom is 0.263 e. The quantitative estimate of drug-likeness (QED) is 0.856. The minimum Gasteiger partial charge on any atom is -0.306 e. The highest BCUT2D eigenvalue weighted by Crippen LogP contribution is 2.28. The van der Waals surface area contributed by atoms with E-state index in [2.05, 4.69) is 10.1 Å². The monoisotopic (exact) mass is 304 g/mol. The summed E-state index contributed by atoms with van der Waals surface area (Å²) >= 11 is 6.30. The average molecular weight is 305 g/mol. The molecule has 5 nitrogen and oxygen atoms in total. The Morgan fingerprint density at radius 3 is 2.95 bits per heavy atom. The summed E-state index contributed by atoms with van der Waals surface area (Å²) in [4.78, 5) is 18.9. The lowest BCUT2D eigenvalue weighted by Gasteiger charge is -2.28. The van der Waals surface area contributed by atoms with Crippen LogP contribution in [0.3, 0.4) is 0 Å². The molecular weight excluding hydrogens is 288 g/mol. The van der Waals surface area contributed by atoms with Crippen LogP contribution in [-0.4, -0.2) is 27.2 Å². The number of anilines is 1. The number of carbonyl (C=O) groups excluding carboxylic acids is 1. The summed E-state index contributed by atoms with van der Waals surface area (Å²) in [6.07, 6.45) is 5.12. The van der Waals surface area contributed by atoms with Crippen LogP contribution in [0.1, 0.15) is 42.4 Å². The van der Waals surface area contributed by atoms with Gasteiger partial charge in [-0.1, -0.05) is 11.6 Å². The molecule has 0 radical (unpaired) electrons. The number of aryl methyl sites for hydroxylation is 1. The molecule has 0 spiro atoms. The van der Waals surface area contributed by atoms with Gasteiger partial charge in [-0.05, 0) is 38.8 Å². The van der Waals surface area contributed by atoms with Crippen LogP contribution < -0.4 is 4.90 Å². The predicted octanol–water partition coefficient (Wildman–Crippen LogP) is 3.11. The second kappa shape index (κ2) is 5.48. The Labute approximate surface area is 128 Å². The van der Waals surface area contributed by atoms with Gasteiger partial charge in [0.05, 0.1) is 23.1 Å². The molecule has 0 bridgehead atoms. The minimum atomic E-state index is -0.110. The Morgan fingerprint density at radius 1 is 1.43 bits per heavy atom. The zero-order valence-electron chi connectivity index (χ0n) is 12.1. The normalized spacial score (nSPS) is 14.4. The molecule has 0 saturated heterocycles. The molecule has 2 aromatic rings. The van der Waals surface area contributed by atoms with Crippen LogP contribution in [0.5, 0.6) is 0 Å². The van der Waals surface area contributed by atoms with Crippen molar-refractivity contribution in [3.05, 3.63) is 40.9 Å². The maximum absolute atomic E-state index is 12.8. The van der Waals surface area contributed by atoms with Crippen molar-refractivity contribution in [3.63, 3.8) is 0 Å². The number of rotatable bonds is 2. The molecule has 3 heterocycles. The standard InChI is InChI=1S/C15H17ClN4O/c1-10(2)20-14(16)11(9-18-20)15(21)19-8-4-5-12-13(19)6-3-7-17-12/h3,6-7,9-10H,4-5,8H2,1-2H3. The molecule has 6 heteroatoms. The maximum atomic E-state index is 12.8. The third-order valence-electron chi connectivity index (χ3n) is 3.65. The highest BCUT2D eigenvalue weighted by atomic mass is 35.5. The van der Waals surface area contributed by atoms with Crippen molar-refractivity contribution in [1.82, 2.24) is 14.8 Å². The number of amides is 1.